The quantitative estimate of drug-likeness (QED) is 0.607. The van der Waals surface area contributed by atoms with Crippen LogP contribution in [0.25, 0.3) is 10.2 Å². The molecule has 7 nitrogen and oxygen atoms in total. The van der Waals surface area contributed by atoms with E-state index in [1.54, 1.807) is 26.2 Å². The Bertz CT molecular complexity index is 1050. The number of carbonyl (C=O) groups excluding carboxylic acids is 2. The van der Waals surface area contributed by atoms with Crippen molar-refractivity contribution in [2.24, 2.45) is 5.73 Å². The Morgan fingerprint density at radius 1 is 1.41 bits per heavy atom. The zero-order chi connectivity index (χ0) is 19.9. The van der Waals surface area contributed by atoms with Crippen molar-refractivity contribution in [2.75, 3.05) is 5.32 Å². The van der Waals surface area contributed by atoms with Crippen molar-refractivity contribution in [3.05, 3.63) is 39.1 Å². The number of alkyl halides is 2. The van der Waals surface area contributed by atoms with E-state index in [0.29, 0.717) is 15.4 Å². The molecule has 1 unspecified atom stereocenters. The number of hydrogen-bond donors (Lipinski definition) is 2. The Hall–Kier alpha value is -2.40. The summed E-state index contributed by atoms with van der Waals surface area (Å²) in [5.41, 5.74) is 5.65. The lowest BCUT2D eigenvalue weighted by atomic mass is 10.1. The number of pyridine rings is 1. The van der Waals surface area contributed by atoms with E-state index in [1.807, 2.05) is 0 Å². The van der Waals surface area contributed by atoms with E-state index in [1.165, 1.54) is 10.7 Å². The summed E-state index contributed by atoms with van der Waals surface area (Å²) in [5.74, 6) is -1.22. The van der Waals surface area contributed by atoms with Crippen molar-refractivity contribution in [2.45, 2.75) is 26.3 Å². The van der Waals surface area contributed by atoms with E-state index in [2.05, 4.69) is 31.3 Å². The first-order valence-electron chi connectivity index (χ1n) is 7.71. The molecular formula is C16H14BrF2N5O2S. The number of aromatic nitrogens is 3. The Labute approximate surface area is 164 Å². The van der Waals surface area contributed by atoms with Gasteiger partial charge in [0.05, 0.1) is 16.4 Å². The van der Waals surface area contributed by atoms with Gasteiger partial charge < -0.3 is 11.1 Å². The molecule has 27 heavy (non-hydrogen) atoms. The molecule has 2 amide bonds. The van der Waals surface area contributed by atoms with E-state index >= 15 is 0 Å². The fourth-order valence-corrected chi connectivity index (χ4v) is 3.95. The van der Waals surface area contributed by atoms with Crippen LogP contribution in [-0.4, -0.2) is 26.6 Å². The van der Waals surface area contributed by atoms with Gasteiger partial charge in [-0.25, -0.2) is 13.8 Å². The number of thiophene rings is 1. The number of halogens is 3. The number of amides is 2. The minimum atomic E-state index is -2.75. The summed E-state index contributed by atoms with van der Waals surface area (Å²) in [4.78, 5) is 28.6. The minimum absolute atomic E-state index is 0.0502. The molecule has 0 aliphatic rings. The van der Waals surface area contributed by atoms with Gasteiger partial charge in [-0.3, -0.25) is 14.3 Å². The van der Waals surface area contributed by atoms with Crippen molar-refractivity contribution < 1.29 is 18.4 Å². The van der Waals surface area contributed by atoms with Crippen molar-refractivity contribution in [3.8, 4) is 0 Å². The van der Waals surface area contributed by atoms with E-state index in [9.17, 15) is 18.4 Å². The van der Waals surface area contributed by atoms with Crippen LogP contribution in [-0.2, 0) is 4.79 Å². The monoisotopic (exact) mass is 457 g/mol. The van der Waals surface area contributed by atoms with E-state index < -0.39 is 30.0 Å². The van der Waals surface area contributed by atoms with Crippen LogP contribution in [0.2, 0.25) is 0 Å². The van der Waals surface area contributed by atoms with E-state index in [0.717, 1.165) is 11.3 Å². The molecule has 0 saturated carbocycles. The lowest BCUT2D eigenvalue weighted by Gasteiger charge is -2.13. The number of aryl methyl sites for hydroxylation is 1. The van der Waals surface area contributed by atoms with Gasteiger partial charge in [0.2, 0.25) is 5.91 Å². The maximum Gasteiger partial charge on any atom is 0.280 e. The molecule has 3 N–H and O–H groups in total. The Morgan fingerprint density at radius 3 is 2.67 bits per heavy atom. The molecule has 3 aromatic rings. The number of nitrogens with zero attached hydrogens (tertiary/aromatic N) is 3. The number of anilines is 1. The molecule has 3 heterocycles. The highest BCUT2D eigenvalue weighted by molar-refractivity contribution is 9.10. The average Bonchev–Trinajstić information content (AvgIpc) is 3.18. The Morgan fingerprint density at radius 2 is 2.11 bits per heavy atom. The fourth-order valence-electron chi connectivity index (χ4n) is 2.59. The topological polar surface area (TPSA) is 103 Å². The molecule has 3 rings (SSSR count). The predicted octanol–water partition coefficient (Wildman–Crippen LogP) is 3.80. The van der Waals surface area contributed by atoms with Crippen molar-refractivity contribution in [1.29, 1.82) is 0 Å². The second kappa shape index (κ2) is 7.31. The van der Waals surface area contributed by atoms with Crippen LogP contribution in [0.4, 0.5) is 14.5 Å². The van der Waals surface area contributed by atoms with Crippen LogP contribution in [0.3, 0.4) is 0 Å². The van der Waals surface area contributed by atoms with Crippen LogP contribution in [0.5, 0.6) is 0 Å². The Balaban J connectivity index is 2.05. The Kier molecular flexibility index (Phi) is 5.24. The number of primary amides is 1. The number of rotatable bonds is 5. The zero-order valence-corrected chi connectivity index (χ0v) is 16.6. The van der Waals surface area contributed by atoms with E-state index in [4.69, 9.17) is 5.73 Å². The number of nitrogens with one attached hydrogen (secondary N) is 1. The highest BCUT2D eigenvalue weighted by Crippen LogP contribution is 2.38. The van der Waals surface area contributed by atoms with Crippen LogP contribution >= 0.6 is 27.3 Å². The number of carbonyl (C=O) groups is 2. The third-order valence-electron chi connectivity index (χ3n) is 3.92. The van der Waals surface area contributed by atoms with Crippen LogP contribution in [0.15, 0.2) is 22.9 Å². The summed E-state index contributed by atoms with van der Waals surface area (Å²) >= 11 is 4.12. The zero-order valence-electron chi connectivity index (χ0n) is 14.2. The summed E-state index contributed by atoms with van der Waals surface area (Å²) in [6, 6.07) is 0.550. The normalized spacial score (nSPS) is 12.5. The van der Waals surface area contributed by atoms with Gasteiger partial charge in [0.1, 0.15) is 21.4 Å². The molecule has 0 bridgehead atoms. The number of fused-ring (bicyclic) bond motifs is 1. The van der Waals surface area contributed by atoms with Gasteiger partial charge in [-0.2, -0.15) is 5.10 Å². The number of hydrogen-bond acceptors (Lipinski definition) is 5. The largest absolute Gasteiger partial charge is 0.365 e. The molecule has 0 radical (unpaired) electrons. The summed E-state index contributed by atoms with van der Waals surface area (Å²) in [6.45, 7) is 3.24. The molecule has 0 aliphatic carbocycles. The SMILES string of the molecule is Cc1cc(C(F)F)nc2sc(C(N)=O)c(NC(=O)C(C)n3cc(Br)cn3)c12. The van der Waals surface area contributed by atoms with Crippen molar-refractivity contribution in [1.82, 2.24) is 14.8 Å². The van der Waals surface area contributed by atoms with Gasteiger partial charge >= 0.3 is 0 Å². The summed E-state index contributed by atoms with van der Waals surface area (Å²) < 4.78 is 28.2. The van der Waals surface area contributed by atoms with Gasteiger partial charge in [0.25, 0.3) is 12.3 Å². The maximum absolute atomic E-state index is 13.0. The fraction of sp³-hybridized carbons (Fsp3) is 0.250. The third kappa shape index (κ3) is 3.69. The second-order valence-electron chi connectivity index (χ2n) is 5.82. The summed E-state index contributed by atoms with van der Waals surface area (Å²) in [7, 11) is 0. The molecule has 1 atom stereocenters. The average molecular weight is 458 g/mol. The molecule has 0 saturated heterocycles. The van der Waals surface area contributed by atoms with Gasteiger partial charge in [0.15, 0.2) is 0 Å². The first-order chi connectivity index (χ1) is 12.7. The molecule has 0 aliphatic heterocycles. The van der Waals surface area contributed by atoms with Gasteiger partial charge in [-0.05, 0) is 41.4 Å². The third-order valence-corrected chi connectivity index (χ3v) is 5.43. The molecule has 11 heteroatoms. The molecule has 3 aromatic heterocycles. The lowest BCUT2D eigenvalue weighted by molar-refractivity contribution is -0.119. The first-order valence-corrected chi connectivity index (χ1v) is 9.32. The van der Waals surface area contributed by atoms with Crippen molar-refractivity contribution in [3.63, 3.8) is 0 Å². The predicted molar refractivity (Wildman–Crippen MR) is 101 cm³/mol. The molecule has 0 spiro atoms. The smallest absolute Gasteiger partial charge is 0.280 e. The standard InChI is InChI=1S/C16H14BrF2N5O2S/c1-6-3-9(13(18)19)22-16-10(6)11(12(27-16)14(20)25)23-15(26)7(2)24-5-8(17)4-21-24/h3-5,7,13H,1-2H3,(H2,20,25)(H,23,26). The van der Waals surface area contributed by atoms with Crippen LogP contribution in [0, 0.1) is 6.92 Å². The molecular weight excluding hydrogens is 444 g/mol. The highest BCUT2D eigenvalue weighted by Gasteiger charge is 2.25. The molecule has 0 fully saturated rings. The van der Waals surface area contributed by atoms with Gasteiger partial charge in [-0.15, -0.1) is 11.3 Å². The number of nitrogens with two attached hydrogens (primary N) is 1. The summed E-state index contributed by atoms with van der Waals surface area (Å²) in [5, 5.41) is 7.15. The van der Waals surface area contributed by atoms with E-state index in [-0.39, 0.29) is 15.4 Å². The first kappa shape index (κ1) is 19.4. The van der Waals surface area contributed by atoms with Crippen LogP contribution in [0.1, 0.15) is 40.3 Å². The second-order valence-corrected chi connectivity index (χ2v) is 7.73. The van der Waals surface area contributed by atoms with Crippen LogP contribution < -0.4 is 11.1 Å². The lowest BCUT2D eigenvalue weighted by Crippen LogP contribution is -2.25. The maximum atomic E-state index is 13.0. The van der Waals surface area contributed by atoms with Gasteiger partial charge in [0, 0.05) is 11.6 Å². The molecule has 0 aromatic carbocycles. The summed E-state index contributed by atoms with van der Waals surface area (Å²) in [6.07, 6.45) is 0.425. The minimum Gasteiger partial charge on any atom is -0.365 e. The van der Waals surface area contributed by atoms with Gasteiger partial charge in [-0.1, -0.05) is 0 Å². The molecule has 142 valence electrons. The van der Waals surface area contributed by atoms with Crippen molar-refractivity contribution >= 4 is 55.0 Å². The highest BCUT2D eigenvalue weighted by atomic mass is 79.9.